The van der Waals surface area contributed by atoms with Crippen LogP contribution >= 0.6 is 35.0 Å². The first kappa shape index (κ1) is 21.5. The van der Waals surface area contributed by atoms with E-state index in [0.29, 0.717) is 15.6 Å². The van der Waals surface area contributed by atoms with Gasteiger partial charge in [-0.15, -0.1) is 0 Å². The van der Waals surface area contributed by atoms with Gasteiger partial charge in [0.15, 0.2) is 0 Å². The maximum absolute atomic E-state index is 13.4. The predicted molar refractivity (Wildman–Crippen MR) is 128 cm³/mol. The molecule has 0 aliphatic carbocycles. The zero-order chi connectivity index (χ0) is 22.1. The fraction of sp³-hybridized carbons (Fsp3) is 0.0833. The fourth-order valence-electron chi connectivity index (χ4n) is 3.22. The maximum Gasteiger partial charge on any atom is 0.283 e. The highest BCUT2D eigenvalue weighted by Crippen LogP contribution is 2.40. The second kappa shape index (κ2) is 8.79. The Kier molecular flexibility index (Phi) is 6.10. The second-order valence-corrected chi connectivity index (χ2v) is 8.96. The Morgan fingerprint density at radius 2 is 1.61 bits per heavy atom. The van der Waals surface area contributed by atoms with Crippen molar-refractivity contribution >= 4 is 58.2 Å². The average Bonchev–Trinajstić information content (AvgIpc) is 2.96. The van der Waals surface area contributed by atoms with Crippen LogP contribution in [0.5, 0.6) is 0 Å². The van der Waals surface area contributed by atoms with E-state index in [4.69, 9.17) is 23.2 Å². The second-order valence-electron chi connectivity index (χ2n) is 7.03. The Labute approximate surface area is 194 Å². The van der Waals surface area contributed by atoms with E-state index in [0.717, 1.165) is 26.6 Å². The fourth-order valence-corrected chi connectivity index (χ4v) is 4.66. The summed E-state index contributed by atoms with van der Waals surface area (Å²) in [4.78, 5) is 29.1. The first-order chi connectivity index (χ1) is 14.9. The number of thioether (sulfide) groups is 1. The molecule has 0 aromatic heterocycles. The number of hydrogen-bond acceptors (Lipinski definition) is 4. The molecular formula is C24H18Cl2N2O2S. The molecule has 0 bridgehead atoms. The van der Waals surface area contributed by atoms with E-state index in [2.05, 4.69) is 5.32 Å². The van der Waals surface area contributed by atoms with Crippen molar-refractivity contribution in [2.75, 3.05) is 10.2 Å². The lowest BCUT2D eigenvalue weighted by molar-refractivity contribution is -0.120. The van der Waals surface area contributed by atoms with Gasteiger partial charge in [-0.3, -0.25) is 9.59 Å². The maximum atomic E-state index is 13.4. The molecule has 1 N–H and O–H groups in total. The number of anilines is 2. The van der Waals surface area contributed by atoms with Crippen molar-refractivity contribution in [2.24, 2.45) is 0 Å². The number of amides is 2. The summed E-state index contributed by atoms with van der Waals surface area (Å²) in [6.45, 7) is 3.97. The van der Waals surface area contributed by atoms with E-state index in [1.165, 1.54) is 17.8 Å². The number of nitrogens with zero attached hydrogens (tertiary/aromatic N) is 1. The van der Waals surface area contributed by atoms with Crippen molar-refractivity contribution in [1.82, 2.24) is 0 Å². The topological polar surface area (TPSA) is 49.4 Å². The van der Waals surface area contributed by atoms with Gasteiger partial charge in [0.2, 0.25) is 0 Å². The van der Waals surface area contributed by atoms with Crippen LogP contribution in [-0.4, -0.2) is 11.8 Å². The van der Waals surface area contributed by atoms with Gasteiger partial charge in [-0.05, 0) is 61.4 Å². The van der Waals surface area contributed by atoms with Crippen LogP contribution in [0.25, 0.3) is 0 Å². The summed E-state index contributed by atoms with van der Waals surface area (Å²) in [6, 6.07) is 19.9. The molecule has 156 valence electrons. The minimum absolute atomic E-state index is 0.221. The van der Waals surface area contributed by atoms with Crippen molar-refractivity contribution < 1.29 is 9.59 Å². The quantitative estimate of drug-likeness (QED) is 0.428. The van der Waals surface area contributed by atoms with Gasteiger partial charge >= 0.3 is 0 Å². The van der Waals surface area contributed by atoms with E-state index in [1.807, 2.05) is 62.4 Å². The van der Waals surface area contributed by atoms with Crippen molar-refractivity contribution in [3.05, 3.63) is 98.5 Å². The van der Waals surface area contributed by atoms with Crippen LogP contribution < -0.4 is 10.2 Å². The summed E-state index contributed by atoms with van der Waals surface area (Å²) in [6.07, 6.45) is 0. The van der Waals surface area contributed by atoms with E-state index < -0.39 is 11.8 Å². The number of halogens is 2. The molecule has 2 amide bonds. The number of rotatable bonds is 5. The SMILES string of the molecule is Cc1cccc(NC2=C(Sc3ccccc3)C(=O)N(c3ccc(Cl)cc3Cl)C2=O)c1C. The third-order valence-electron chi connectivity index (χ3n) is 5.02. The molecule has 1 heterocycles. The van der Waals surface area contributed by atoms with Gasteiger partial charge in [0.1, 0.15) is 10.6 Å². The number of carbonyl (C=O) groups is 2. The van der Waals surface area contributed by atoms with Gasteiger partial charge in [-0.1, -0.05) is 65.3 Å². The number of benzene rings is 3. The number of aryl methyl sites for hydroxylation is 1. The van der Waals surface area contributed by atoms with Gasteiger partial charge in [-0.2, -0.15) is 0 Å². The highest BCUT2D eigenvalue weighted by atomic mass is 35.5. The summed E-state index contributed by atoms with van der Waals surface area (Å²) in [5.74, 6) is -0.899. The molecule has 0 saturated heterocycles. The van der Waals surface area contributed by atoms with Gasteiger partial charge in [0.05, 0.1) is 10.7 Å². The highest BCUT2D eigenvalue weighted by molar-refractivity contribution is 8.04. The molecule has 0 radical (unpaired) electrons. The van der Waals surface area contributed by atoms with Crippen LogP contribution in [0.3, 0.4) is 0 Å². The molecule has 3 aromatic rings. The third-order valence-corrected chi connectivity index (χ3v) is 6.65. The lowest BCUT2D eigenvalue weighted by Crippen LogP contribution is -2.32. The van der Waals surface area contributed by atoms with E-state index in [-0.39, 0.29) is 10.7 Å². The summed E-state index contributed by atoms with van der Waals surface area (Å²) < 4.78 is 0. The Bertz CT molecular complexity index is 1230. The molecule has 3 aromatic carbocycles. The smallest absolute Gasteiger partial charge is 0.283 e. The lowest BCUT2D eigenvalue weighted by Gasteiger charge is -2.17. The number of nitrogens with one attached hydrogen (secondary N) is 1. The Morgan fingerprint density at radius 1 is 0.871 bits per heavy atom. The third kappa shape index (κ3) is 4.22. The molecule has 1 aliphatic heterocycles. The van der Waals surface area contributed by atoms with Gasteiger partial charge in [0, 0.05) is 15.6 Å². The molecule has 31 heavy (non-hydrogen) atoms. The molecule has 4 rings (SSSR count). The molecule has 0 fully saturated rings. The summed E-state index contributed by atoms with van der Waals surface area (Å²) >= 11 is 13.6. The first-order valence-electron chi connectivity index (χ1n) is 9.51. The van der Waals surface area contributed by atoms with Crippen LogP contribution in [-0.2, 0) is 9.59 Å². The van der Waals surface area contributed by atoms with Crippen molar-refractivity contribution in [3.8, 4) is 0 Å². The Balaban J connectivity index is 1.79. The molecule has 0 spiro atoms. The highest BCUT2D eigenvalue weighted by Gasteiger charge is 2.41. The van der Waals surface area contributed by atoms with Crippen LogP contribution in [0.2, 0.25) is 10.0 Å². The van der Waals surface area contributed by atoms with Gasteiger partial charge in [0.25, 0.3) is 11.8 Å². The largest absolute Gasteiger partial charge is 0.350 e. The Hall–Kier alpha value is -2.73. The van der Waals surface area contributed by atoms with Crippen LogP contribution in [0.4, 0.5) is 11.4 Å². The normalized spacial score (nSPS) is 13.9. The minimum atomic E-state index is -0.464. The monoisotopic (exact) mass is 468 g/mol. The zero-order valence-electron chi connectivity index (χ0n) is 16.8. The van der Waals surface area contributed by atoms with Crippen LogP contribution in [0.1, 0.15) is 11.1 Å². The van der Waals surface area contributed by atoms with Crippen molar-refractivity contribution in [2.45, 2.75) is 18.7 Å². The number of hydrogen-bond donors (Lipinski definition) is 1. The Morgan fingerprint density at radius 3 is 2.32 bits per heavy atom. The van der Waals surface area contributed by atoms with Crippen LogP contribution in [0.15, 0.2) is 82.2 Å². The summed E-state index contributed by atoms with van der Waals surface area (Å²) in [5, 5.41) is 3.86. The molecule has 0 atom stereocenters. The molecule has 0 saturated carbocycles. The first-order valence-corrected chi connectivity index (χ1v) is 11.1. The molecule has 1 aliphatic rings. The number of carbonyl (C=O) groups excluding carboxylic acids is 2. The van der Waals surface area contributed by atoms with E-state index in [9.17, 15) is 9.59 Å². The van der Waals surface area contributed by atoms with E-state index >= 15 is 0 Å². The molecule has 0 unspecified atom stereocenters. The predicted octanol–water partition coefficient (Wildman–Crippen LogP) is 6.60. The molecule has 4 nitrogen and oxygen atoms in total. The standard InChI is InChI=1S/C24H18Cl2N2O2S/c1-14-7-6-10-19(15(14)2)27-21-22(31-17-8-4-3-5-9-17)24(30)28(23(21)29)20-12-11-16(25)13-18(20)26/h3-13,27H,1-2H3. The van der Waals surface area contributed by atoms with Crippen LogP contribution in [0, 0.1) is 13.8 Å². The van der Waals surface area contributed by atoms with Gasteiger partial charge in [-0.25, -0.2) is 4.90 Å². The minimum Gasteiger partial charge on any atom is -0.350 e. The lowest BCUT2D eigenvalue weighted by atomic mass is 10.1. The molecule has 7 heteroatoms. The molecular weight excluding hydrogens is 451 g/mol. The number of imide groups is 1. The summed E-state index contributed by atoms with van der Waals surface area (Å²) in [7, 11) is 0. The van der Waals surface area contributed by atoms with Crippen molar-refractivity contribution in [3.63, 3.8) is 0 Å². The summed E-state index contributed by atoms with van der Waals surface area (Å²) in [5.41, 5.74) is 3.37. The van der Waals surface area contributed by atoms with E-state index in [1.54, 1.807) is 12.1 Å². The zero-order valence-corrected chi connectivity index (χ0v) is 19.1. The van der Waals surface area contributed by atoms with Crippen molar-refractivity contribution in [1.29, 1.82) is 0 Å². The van der Waals surface area contributed by atoms with Gasteiger partial charge < -0.3 is 5.32 Å². The average molecular weight is 469 g/mol.